The molecule has 0 aromatic heterocycles. The first-order chi connectivity index (χ1) is 10.2. The monoisotopic (exact) mass is 338 g/mol. The van der Waals surface area contributed by atoms with Crippen LogP contribution in [-0.2, 0) is 4.79 Å². The molecule has 1 aliphatic heterocycles. The van der Waals surface area contributed by atoms with Gasteiger partial charge in [-0.1, -0.05) is 36.4 Å². The molecule has 1 aliphatic rings. The Morgan fingerprint density at radius 3 is 2.82 bits per heavy atom. The number of aliphatic hydroxyl groups excluding tert-OH is 1. The molecule has 3 N–H and O–H groups in total. The highest BCUT2D eigenvalue weighted by Gasteiger charge is 2.22. The summed E-state index contributed by atoms with van der Waals surface area (Å²) in [4.78, 5) is 11.9. The third kappa shape index (κ3) is 3.93. The van der Waals surface area contributed by atoms with E-state index in [-0.39, 0.29) is 30.9 Å². The summed E-state index contributed by atoms with van der Waals surface area (Å²) in [5.74, 6) is 1.56. The zero-order valence-corrected chi connectivity index (χ0v) is 13.6. The maximum absolute atomic E-state index is 11.9. The highest BCUT2D eigenvalue weighted by atomic mass is 35.5. The van der Waals surface area contributed by atoms with Gasteiger partial charge in [0.1, 0.15) is 0 Å². The highest BCUT2D eigenvalue weighted by Crippen LogP contribution is 2.20. The molecule has 0 radical (unpaired) electrons. The number of amides is 1. The van der Waals surface area contributed by atoms with Crippen molar-refractivity contribution in [1.29, 1.82) is 0 Å². The Kier molecular flexibility index (Phi) is 6.08. The number of carbonyl (C=O) groups is 1. The lowest BCUT2D eigenvalue weighted by Crippen LogP contribution is -2.43. The maximum atomic E-state index is 11.9. The molecule has 2 atom stereocenters. The Hall–Kier alpha value is -1.27. The summed E-state index contributed by atoms with van der Waals surface area (Å²) < 4.78 is 0. The minimum atomic E-state index is -0.687. The number of rotatable bonds is 4. The number of carbonyl (C=O) groups excluding carboxylic acids is 1. The van der Waals surface area contributed by atoms with Gasteiger partial charge in [0.25, 0.3) is 0 Å². The Balaban J connectivity index is 0.00000176. The van der Waals surface area contributed by atoms with Crippen LogP contribution >= 0.6 is 24.2 Å². The number of benzene rings is 2. The van der Waals surface area contributed by atoms with Crippen LogP contribution in [0.3, 0.4) is 0 Å². The fourth-order valence-electron chi connectivity index (χ4n) is 2.42. The molecular weight excluding hydrogens is 320 g/mol. The van der Waals surface area contributed by atoms with E-state index in [1.807, 2.05) is 42.5 Å². The predicted octanol–water partition coefficient (Wildman–Crippen LogP) is 2.07. The third-order valence-corrected chi connectivity index (χ3v) is 4.60. The van der Waals surface area contributed by atoms with Crippen molar-refractivity contribution >= 4 is 40.8 Å². The molecule has 118 valence electrons. The first-order valence-corrected chi connectivity index (χ1v) is 8.15. The third-order valence-electron chi connectivity index (χ3n) is 3.66. The molecule has 1 heterocycles. The molecule has 2 aromatic carbocycles. The fraction of sp³-hybridized carbons (Fsp3) is 0.312. The number of aliphatic hydroxyl groups is 1. The number of nitrogens with one attached hydrogen (secondary N) is 2. The van der Waals surface area contributed by atoms with Gasteiger partial charge in [-0.15, -0.1) is 24.2 Å². The van der Waals surface area contributed by atoms with Crippen molar-refractivity contribution in [3.05, 3.63) is 48.0 Å². The van der Waals surface area contributed by atoms with Crippen molar-refractivity contribution in [3.63, 3.8) is 0 Å². The zero-order valence-electron chi connectivity index (χ0n) is 12.0. The average Bonchev–Trinajstić information content (AvgIpc) is 3.06. The number of hydrogen-bond acceptors (Lipinski definition) is 4. The lowest BCUT2D eigenvalue weighted by atomic mass is 10.0. The molecule has 0 spiro atoms. The van der Waals surface area contributed by atoms with Gasteiger partial charge in [0.05, 0.1) is 12.1 Å². The first-order valence-electron chi connectivity index (χ1n) is 6.99. The normalized spacial score (nSPS) is 18.7. The van der Waals surface area contributed by atoms with Crippen LogP contribution in [-0.4, -0.2) is 35.2 Å². The lowest BCUT2D eigenvalue weighted by Gasteiger charge is -2.15. The van der Waals surface area contributed by atoms with Gasteiger partial charge in [-0.25, -0.2) is 0 Å². The van der Waals surface area contributed by atoms with E-state index in [1.54, 1.807) is 11.8 Å². The summed E-state index contributed by atoms with van der Waals surface area (Å²) in [6.07, 6.45) is -0.687. The SMILES string of the molecule is Cl.O=C(NCC(O)c1ccc2ccccc2c1)[C@H]1CSCN1. The predicted molar refractivity (Wildman–Crippen MR) is 93.4 cm³/mol. The molecule has 0 saturated carbocycles. The van der Waals surface area contributed by atoms with E-state index in [4.69, 9.17) is 0 Å². The zero-order chi connectivity index (χ0) is 14.7. The van der Waals surface area contributed by atoms with Crippen molar-refractivity contribution in [2.24, 2.45) is 0 Å². The van der Waals surface area contributed by atoms with Crippen LogP contribution in [0.25, 0.3) is 10.8 Å². The molecule has 1 fully saturated rings. The van der Waals surface area contributed by atoms with Crippen molar-refractivity contribution < 1.29 is 9.90 Å². The van der Waals surface area contributed by atoms with E-state index < -0.39 is 6.10 Å². The smallest absolute Gasteiger partial charge is 0.238 e. The van der Waals surface area contributed by atoms with Crippen molar-refractivity contribution in [2.45, 2.75) is 12.1 Å². The summed E-state index contributed by atoms with van der Waals surface area (Å²) in [7, 11) is 0. The topological polar surface area (TPSA) is 61.4 Å². The summed E-state index contributed by atoms with van der Waals surface area (Å²) in [6.45, 7) is 0.236. The van der Waals surface area contributed by atoms with Gasteiger partial charge in [-0.2, -0.15) is 0 Å². The molecule has 1 unspecified atom stereocenters. The molecule has 0 bridgehead atoms. The molecule has 6 heteroatoms. The molecule has 1 amide bonds. The Labute approximate surface area is 140 Å². The molecule has 2 aromatic rings. The number of halogens is 1. The lowest BCUT2D eigenvalue weighted by molar-refractivity contribution is -0.122. The van der Waals surface area contributed by atoms with E-state index in [9.17, 15) is 9.90 Å². The molecular formula is C16H19ClN2O2S. The van der Waals surface area contributed by atoms with Crippen LogP contribution in [0.15, 0.2) is 42.5 Å². The summed E-state index contributed by atoms with van der Waals surface area (Å²) >= 11 is 1.71. The minimum absolute atomic E-state index is 0. The highest BCUT2D eigenvalue weighted by molar-refractivity contribution is 7.99. The van der Waals surface area contributed by atoms with Crippen LogP contribution in [0.4, 0.5) is 0 Å². The molecule has 0 aliphatic carbocycles. The second-order valence-electron chi connectivity index (χ2n) is 5.14. The van der Waals surface area contributed by atoms with Gasteiger partial charge in [0.2, 0.25) is 5.91 Å². The quantitative estimate of drug-likeness (QED) is 0.798. The number of thioether (sulfide) groups is 1. The van der Waals surface area contributed by atoms with E-state index >= 15 is 0 Å². The molecule has 3 rings (SSSR count). The van der Waals surface area contributed by atoms with Crippen molar-refractivity contribution in [3.8, 4) is 0 Å². The summed E-state index contributed by atoms with van der Waals surface area (Å²) in [5.41, 5.74) is 0.822. The van der Waals surface area contributed by atoms with Crippen LogP contribution < -0.4 is 10.6 Å². The van der Waals surface area contributed by atoms with E-state index in [1.165, 1.54) is 0 Å². The van der Waals surface area contributed by atoms with Crippen molar-refractivity contribution in [1.82, 2.24) is 10.6 Å². The molecule has 1 saturated heterocycles. The maximum Gasteiger partial charge on any atom is 0.238 e. The van der Waals surface area contributed by atoms with Gasteiger partial charge >= 0.3 is 0 Å². The standard InChI is InChI=1S/C16H18N2O2S.ClH/c19-15(8-17-16(20)14-9-21-10-18-14)13-6-5-11-3-1-2-4-12(11)7-13;/h1-7,14-15,18-19H,8-10H2,(H,17,20);1H/t14-,15?;/m1./s1. The minimum Gasteiger partial charge on any atom is -0.387 e. The van der Waals surface area contributed by atoms with E-state index in [0.29, 0.717) is 0 Å². The van der Waals surface area contributed by atoms with Crippen LogP contribution in [0.2, 0.25) is 0 Å². The largest absolute Gasteiger partial charge is 0.387 e. The number of hydrogen-bond donors (Lipinski definition) is 3. The summed E-state index contributed by atoms with van der Waals surface area (Å²) in [5, 5.41) is 18.4. The van der Waals surface area contributed by atoms with Gasteiger partial charge in [0.15, 0.2) is 0 Å². The van der Waals surface area contributed by atoms with E-state index in [2.05, 4.69) is 10.6 Å². The van der Waals surface area contributed by atoms with Crippen molar-refractivity contribution in [2.75, 3.05) is 18.2 Å². The Bertz CT molecular complexity index is 647. The average molecular weight is 339 g/mol. The van der Waals surface area contributed by atoms with Crippen LogP contribution in [0, 0.1) is 0 Å². The Morgan fingerprint density at radius 1 is 1.32 bits per heavy atom. The van der Waals surface area contributed by atoms with Crippen LogP contribution in [0.5, 0.6) is 0 Å². The second-order valence-corrected chi connectivity index (χ2v) is 6.17. The van der Waals surface area contributed by atoms with Gasteiger partial charge in [-0.3, -0.25) is 10.1 Å². The first kappa shape index (κ1) is 17.1. The molecule has 4 nitrogen and oxygen atoms in total. The molecule has 22 heavy (non-hydrogen) atoms. The van der Waals surface area contributed by atoms with Gasteiger partial charge < -0.3 is 10.4 Å². The van der Waals surface area contributed by atoms with E-state index in [0.717, 1.165) is 28.0 Å². The second kappa shape index (κ2) is 7.83. The van der Waals surface area contributed by atoms with Gasteiger partial charge in [0, 0.05) is 18.2 Å². The summed E-state index contributed by atoms with van der Waals surface area (Å²) in [6, 6.07) is 13.7. The Morgan fingerprint density at radius 2 is 2.09 bits per heavy atom. The van der Waals surface area contributed by atoms with Crippen LogP contribution in [0.1, 0.15) is 11.7 Å². The van der Waals surface area contributed by atoms with Gasteiger partial charge in [-0.05, 0) is 22.4 Å². The fourth-order valence-corrected chi connectivity index (χ4v) is 3.36. The number of fused-ring (bicyclic) bond motifs is 1.